The number of pyridine rings is 1. The molecular weight excluding hydrogens is 280 g/mol. The molecule has 0 aliphatic carbocycles. The number of ether oxygens (including phenoxy) is 1. The van der Waals surface area contributed by atoms with Gasteiger partial charge in [0.15, 0.2) is 6.61 Å². The molecule has 1 aliphatic heterocycles. The van der Waals surface area contributed by atoms with Crippen molar-refractivity contribution in [3.63, 3.8) is 0 Å². The van der Waals surface area contributed by atoms with E-state index in [1.807, 2.05) is 31.2 Å². The number of esters is 1. The minimum Gasteiger partial charge on any atom is -0.451 e. The van der Waals surface area contributed by atoms with Gasteiger partial charge in [-0.3, -0.25) is 4.79 Å². The van der Waals surface area contributed by atoms with Crippen molar-refractivity contribution >= 4 is 17.6 Å². The molecule has 1 aromatic heterocycles. The van der Waals surface area contributed by atoms with E-state index in [0.29, 0.717) is 0 Å². The van der Waals surface area contributed by atoms with Crippen LogP contribution in [0, 0.1) is 0 Å². The smallest absolute Gasteiger partial charge is 0.357 e. The molecule has 112 valence electrons. The van der Waals surface area contributed by atoms with Crippen molar-refractivity contribution < 1.29 is 14.3 Å². The third kappa shape index (κ3) is 2.70. The summed E-state index contributed by atoms with van der Waals surface area (Å²) in [6.07, 6.45) is 2.33. The van der Waals surface area contributed by atoms with Gasteiger partial charge in [0, 0.05) is 17.9 Å². The van der Waals surface area contributed by atoms with Gasteiger partial charge in [-0.15, -0.1) is 0 Å². The van der Waals surface area contributed by atoms with Gasteiger partial charge in [0.2, 0.25) is 0 Å². The van der Waals surface area contributed by atoms with Crippen LogP contribution in [0.25, 0.3) is 0 Å². The minimum atomic E-state index is -0.589. The zero-order valence-corrected chi connectivity index (χ0v) is 12.2. The Kier molecular flexibility index (Phi) is 3.87. The highest BCUT2D eigenvalue weighted by Gasteiger charge is 2.31. The van der Waals surface area contributed by atoms with Crippen molar-refractivity contribution in [2.75, 3.05) is 11.5 Å². The van der Waals surface area contributed by atoms with Crippen LogP contribution >= 0.6 is 0 Å². The summed E-state index contributed by atoms with van der Waals surface area (Å²) >= 11 is 0. The number of amides is 1. The van der Waals surface area contributed by atoms with Crippen LogP contribution in [0.2, 0.25) is 0 Å². The fourth-order valence-corrected chi connectivity index (χ4v) is 2.70. The SMILES string of the molecule is C[C@@H]1Cc2ccccc2N1C(=O)COC(=O)c1ccccn1. The summed E-state index contributed by atoms with van der Waals surface area (Å²) in [5, 5.41) is 0. The van der Waals surface area contributed by atoms with Gasteiger partial charge in [0.1, 0.15) is 5.69 Å². The Morgan fingerprint density at radius 1 is 1.23 bits per heavy atom. The van der Waals surface area contributed by atoms with E-state index in [4.69, 9.17) is 4.74 Å². The topological polar surface area (TPSA) is 59.5 Å². The average Bonchev–Trinajstić information content (AvgIpc) is 2.89. The third-order valence-electron chi connectivity index (χ3n) is 3.68. The predicted molar refractivity (Wildman–Crippen MR) is 81.6 cm³/mol. The van der Waals surface area contributed by atoms with Crippen LogP contribution in [-0.2, 0) is 16.0 Å². The summed E-state index contributed by atoms with van der Waals surface area (Å²) < 4.78 is 5.07. The first-order valence-electron chi connectivity index (χ1n) is 7.15. The highest BCUT2D eigenvalue weighted by molar-refractivity contribution is 5.98. The Morgan fingerprint density at radius 3 is 2.77 bits per heavy atom. The summed E-state index contributed by atoms with van der Waals surface area (Å²) in [4.78, 5) is 29.8. The number of nitrogens with zero attached hydrogens (tertiary/aromatic N) is 2. The average molecular weight is 296 g/mol. The van der Waals surface area contributed by atoms with Gasteiger partial charge in [-0.05, 0) is 37.1 Å². The van der Waals surface area contributed by atoms with Crippen LogP contribution in [0.4, 0.5) is 5.69 Å². The maximum Gasteiger partial charge on any atom is 0.357 e. The number of aromatic nitrogens is 1. The molecule has 0 saturated heterocycles. The Morgan fingerprint density at radius 2 is 2.00 bits per heavy atom. The number of para-hydroxylation sites is 1. The maximum atomic E-state index is 12.4. The van der Waals surface area contributed by atoms with Gasteiger partial charge in [-0.25, -0.2) is 9.78 Å². The predicted octanol–water partition coefficient (Wildman–Crippen LogP) is 2.22. The first kappa shape index (κ1) is 14.3. The van der Waals surface area contributed by atoms with E-state index in [-0.39, 0.29) is 24.2 Å². The van der Waals surface area contributed by atoms with Crippen molar-refractivity contribution in [1.82, 2.24) is 4.98 Å². The number of fused-ring (bicyclic) bond motifs is 1. The number of hydrogen-bond acceptors (Lipinski definition) is 4. The monoisotopic (exact) mass is 296 g/mol. The van der Waals surface area contributed by atoms with Crippen molar-refractivity contribution in [3.8, 4) is 0 Å². The van der Waals surface area contributed by atoms with E-state index in [0.717, 1.165) is 17.7 Å². The molecule has 0 fully saturated rings. The van der Waals surface area contributed by atoms with Gasteiger partial charge >= 0.3 is 5.97 Å². The molecule has 0 radical (unpaired) electrons. The number of benzene rings is 1. The summed E-state index contributed by atoms with van der Waals surface area (Å²) in [5.41, 5.74) is 2.23. The fourth-order valence-electron chi connectivity index (χ4n) is 2.70. The van der Waals surface area contributed by atoms with Gasteiger partial charge in [-0.1, -0.05) is 24.3 Å². The van der Waals surface area contributed by atoms with E-state index in [2.05, 4.69) is 4.98 Å². The second-order valence-electron chi connectivity index (χ2n) is 5.24. The van der Waals surface area contributed by atoms with E-state index >= 15 is 0 Å². The lowest BCUT2D eigenvalue weighted by Crippen LogP contribution is -2.38. The summed E-state index contributed by atoms with van der Waals surface area (Å²) in [6, 6.07) is 12.8. The number of hydrogen-bond donors (Lipinski definition) is 0. The fraction of sp³-hybridized carbons (Fsp3) is 0.235. The molecule has 22 heavy (non-hydrogen) atoms. The molecule has 0 N–H and O–H groups in total. The standard InChI is InChI=1S/C17H16N2O3/c1-12-10-13-6-2-3-8-15(13)19(12)16(20)11-22-17(21)14-7-4-5-9-18-14/h2-9,12H,10-11H2,1H3/t12-/m1/s1. The zero-order chi connectivity index (χ0) is 15.5. The van der Waals surface area contributed by atoms with Gasteiger partial charge in [0.25, 0.3) is 5.91 Å². The molecule has 2 aromatic rings. The lowest BCUT2D eigenvalue weighted by Gasteiger charge is -2.22. The van der Waals surface area contributed by atoms with Crippen LogP contribution in [0.3, 0.4) is 0 Å². The highest BCUT2D eigenvalue weighted by Crippen LogP contribution is 2.31. The Bertz CT molecular complexity index is 700. The Balaban J connectivity index is 1.67. The van der Waals surface area contributed by atoms with Crippen molar-refractivity contribution in [2.24, 2.45) is 0 Å². The number of anilines is 1. The second kappa shape index (κ2) is 5.97. The number of carbonyl (C=O) groups excluding carboxylic acids is 2. The minimum absolute atomic E-state index is 0.0680. The number of carbonyl (C=O) groups is 2. The van der Waals surface area contributed by atoms with E-state index in [1.54, 1.807) is 23.1 Å². The largest absolute Gasteiger partial charge is 0.451 e. The quantitative estimate of drug-likeness (QED) is 0.815. The first-order valence-corrected chi connectivity index (χ1v) is 7.15. The molecule has 2 heterocycles. The molecule has 5 heteroatoms. The van der Waals surface area contributed by atoms with E-state index in [9.17, 15) is 9.59 Å². The van der Waals surface area contributed by atoms with Gasteiger partial charge in [0.05, 0.1) is 0 Å². The summed E-state index contributed by atoms with van der Waals surface area (Å²) in [5.74, 6) is -0.809. The molecule has 0 unspecified atom stereocenters. The van der Waals surface area contributed by atoms with Crippen molar-refractivity contribution in [2.45, 2.75) is 19.4 Å². The zero-order valence-electron chi connectivity index (χ0n) is 12.2. The van der Waals surface area contributed by atoms with Gasteiger partial charge in [-0.2, -0.15) is 0 Å². The lowest BCUT2D eigenvalue weighted by atomic mass is 10.1. The molecule has 0 saturated carbocycles. The van der Waals surface area contributed by atoms with Crippen LogP contribution in [0.1, 0.15) is 23.0 Å². The molecule has 1 aliphatic rings. The van der Waals surface area contributed by atoms with Crippen molar-refractivity contribution in [3.05, 3.63) is 59.9 Å². The van der Waals surface area contributed by atoms with Gasteiger partial charge < -0.3 is 9.64 Å². The maximum absolute atomic E-state index is 12.4. The third-order valence-corrected chi connectivity index (χ3v) is 3.68. The first-order chi connectivity index (χ1) is 10.7. The van der Waals surface area contributed by atoms with E-state index in [1.165, 1.54) is 6.20 Å². The molecule has 0 spiro atoms. The summed E-state index contributed by atoms with van der Waals surface area (Å²) in [7, 11) is 0. The van der Waals surface area contributed by atoms with E-state index < -0.39 is 5.97 Å². The molecule has 3 rings (SSSR count). The number of rotatable bonds is 3. The normalized spacial score (nSPS) is 16.2. The Hall–Kier alpha value is -2.69. The van der Waals surface area contributed by atoms with Crippen LogP contribution in [0.15, 0.2) is 48.7 Å². The molecule has 0 bridgehead atoms. The molecule has 1 aromatic carbocycles. The molecular formula is C17H16N2O3. The van der Waals surface area contributed by atoms with Crippen LogP contribution in [-0.4, -0.2) is 29.5 Å². The molecule has 1 amide bonds. The summed E-state index contributed by atoms with van der Waals surface area (Å²) in [6.45, 7) is 1.70. The molecule has 5 nitrogen and oxygen atoms in total. The molecule has 1 atom stereocenters. The lowest BCUT2D eigenvalue weighted by molar-refractivity contribution is -0.122. The van der Waals surface area contributed by atoms with Crippen LogP contribution < -0.4 is 4.90 Å². The second-order valence-corrected chi connectivity index (χ2v) is 5.24. The van der Waals surface area contributed by atoms with Crippen LogP contribution in [0.5, 0.6) is 0 Å². The highest BCUT2D eigenvalue weighted by atomic mass is 16.5. The Labute approximate surface area is 128 Å². The van der Waals surface area contributed by atoms with Crippen molar-refractivity contribution in [1.29, 1.82) is 0 Å².